The monoisotopic (exact) mass is 237 g/mol. The number of rotatable bonds is 3. The van der Waals surface area contributed by atoms with E-state index in [1.807, 2.05) is 0 Å². The summed E-state index contributed by atoms with van der Waals surface area (Å²) in [6, 6.07) is 4.48. The van der Waals surface area contributed by atoms with Gasteiger partial charge in [-0.05, 0) is 23.9 Å². The molecule has 0 radical (unpaired) electrons. The highest BCUT2D eigenvalue weighted by Crippen LogP contribution is 2.31. The van der Waals surface area contributed by atoms with Crippen molar-refractivity contribution in [3.8, 4) is 0 Å². The van der Waals surface area contributed by atoms with Crippen LogP contribution in [0.3, 0.4) is 0 Å². The normalized spacial score (nSPS) is 10.2. The van der Waals surface area contributed by atoms with Crippen LogP contribution in [0.5, 0.6) is 0 Å². The zero-order valence-corrected chi connectivity index (χ0v) is 8.81. The summed E-state index contributed by atoms with van der Waals surface area (Å²) in [5, 5.41) is 11.0. The quantitative estimate of drug-likeness (QED) is 0.500. The van der Waals surface area contributed by atoms with Crippen molar-refractivity contribution in [2.45, 2.75) is 10.1 Å². The number of hydrogen-bond donors (Lipinski definition) is 1. The third kappa shape index (κ3) is 2.14. The first-order chi connectivity index (χ1) is 7.66. The maximum atomic E-state index is 10.5. The molecule has 0 bridgehead atoms. The van der Waals surface area contributed by atoms with Crippen molar-refractivity contribution in [1.82, 2.24) is 4.98 Å². The summed E-state index contributed by atoms with van der Waals surface area (Å²) in [7, 11) is 0. The van der Waals surface area contributed by atoms with Crippen LogP contribution in [-0.4, -0.2) is 9.91 Å². The van der Waals surface area contributed by atoms with Gasteiger partial charge >= 0.3 is 0 Å². The molecule has 0 unspecified atom stereocenters. The van der Waals surface area contributed by atoms with Gasteiger partial charge in [-0.25, -0.2) is 4.98 Å². The summed E-state index contributed by atoms with van der Waals surface area (Å²) in [5.74, 6) is 0. The van der Waals surface area contributed by atoms with Gasteiger partial charge in [0.15, 0.2) is 0 Å². The smallest absolute Gasteiger partial charge is 0.292 e. The fourth-order valence-electron chi connectivity index (χ4n) is 1.12. The summed E-state index contributed by atoms with van der Waals surface area (Å²) in [5.41, 5.74) is 5.57. The van der Waals surface area contributed by atoms with Gasteiger partial charge in [-0.3, -0.25) is 10.1 Å². The van der Waals surface area contributed by atoms with Crippen LogP contribution in [0.4, 0.5) is 11.4 Å². The molecule has 2 rings (SSSR count). The van der Waals surface area contributed by atoms with E-state index < -0.39 is 4.92 Å². The minimum absolute atomic E-state index is 0.100. The van der Waals surface area contributed by atoms with Crippen LogP contribution in [0.1, 0.15) is 0 Å². The molecule has 0 atom stereocenters. The first-order valence-electron chi connectivity index (χ1n) is 4.28. The van der Waals surface area contributed by atoms with Gasteiger partial charge in [0.25, 0.3) is 10.9 Å². The van der Waals surface area contributed by atoms with Gasteiger partial charge in [-0.1, -0.05) is 0 Å². The number of nitrogens with two attached hydrogens (primary N) is 1. The lowest BCUT2D eigenvalue weighted by Crippen LogP contribution is -1.95. The molecule has 0 spiro atoms. The number of oxazole rings is 1. The van der Waals surface area contributed by atoms with Gasteiger partial charge in [0.05, 0.1) is 11.1 Å². The third-order valence-electron chi connectivity index (χ3n) is 1.81. The third-order valence-corrected chi connectivity index (χ3v) is 2.68. The van der Waals surface area contributed by atoms with Crippen LogP contribution in [0.2, 0.25) is 0 Å². The Morgan fingerprint density at radius 2 is 2.31 bits per heavy atom. The maximum Gasteiger partial charge on any atom is 0.292 e. The summed E-state index contributed by atoms with van der Waals surface area (Å²) in [6.45, 7) is 0. The molecule has 1 heterocycles. The molecule has 0 aliphatic heterocycles. The first-order valence-corrected chi connectivity index (χ1v) is 5.10. The molecule has 1 aromatic carbocycles. The van der Waals surface area contributed by atoms with Crippen molar-refractivity contribution in [2.75, 3.05) is 5.73 Å². The molecule has 0 saturated carbocycles. The minimum atomic E-state index is -0.519. The molecule has 0 amide bonds. The second kappa shape index (κ2) is 4.23. The Labute approximate surface area is 94.6 Å². The van der Waals surface area contributed by atoms with E-state index in [2.05, 4.69) is 4.98 Å². The Morgan fingerprint density at radius 1 is 1.50 bits per heavy atom. The van der Waals surface area contributed by atoms with Crippen molar-refractivity contribution in [1.29, 1.82) is 0 Å². The average Bonchev–Trinajstić information content (AvgIpc) is 2.70. The maximum absolute atomic E-state index is 10.5. The molecule has 82 valence electrons. The van der Waals surface area contributed by atoms with Crippen LogP contribution >= 0.6 is 11.8 Å². The van der Waals surface area contributed by atoms with Gasteiger partial charge in [-0.15, -0.1) is 0 Å². The van der Waals surface area contributed by atoms with Crippen LogP contribution in [0.15, 0.2) is 45.2 Å². The van der Waals surface area contributed by atoms with E-state index in [0.29, 0.717) is 5.22 Å². The molecule has 0 saturated heterocycles. The Balaban J connectivity index is 2.24. The Morgan fingerprint density at radius 3 is 2.88 bits per heavy atom. The number of benzene rings is 1. The van der Waals surface area contributed by atoms with Gasteiger partial charge in [0, 0.05) is 11.0 Å². The molecule has 7 heteroatoms. The molecule has 0 aliphatic carbocycles. The predicted octanol–water partition coefficient (Wildman–Crippen LogP) is 2.32. The summed E-state index contributed by atoms with van der Waals surface area (Å²) >= 11 is 1.25. The lowest BCUT2D eigenvalue weighted by molar-refractivity contribution is -0.383. The Kier molecular flexibility index (Phi) is 2.78. The molecule has 0 fully saturated rings. The number of hydrogen-bond acceptors (Lipinski definition) is 6. The molecule has 6 nitrogen and oxygen atoms in total. The molecule has 1 aromatic heterocycles. The SMILES string of the molecule is Nc1cc(Sc2ncco2)ccc1[N+](=O)[O-]. The van der Waals surface area contributed by atoms with Crippen LogP contribution in [-0.2, 0) is 0 Å². The van der Waals surface area contributed by atoms with Crippen LogP contribution in [0.25, 0.3) is 0 Å². The highest BCUT2D eigenvalue weighted by molar-refractivity contribution is 7.99. The lowest BCUT2D eigenvalue weighted by Gasteiger charge is -2.00. The molecule has 0 aliphatic rings. The molecule has 2 N–H and O–H groups in total. The van der Waals surface area contributed by atoms with Crippen LogP contribution < -0.4 is 5.73 Å². The van der Waals surface area contributed by atoms with Gasteiger partial charge in [0.1, 0.15) is 12.0 Å². The summed E-state index contributed by atoms with van der Waals surface area (Å²) < 4.78 is 5.03. The number of nitro benzene ring substituents is 1. The summed E-state index contributed by atoms with van der Waals surface area (Å²) in [4.78, 5) is 14.7. The number of anilines is 1. The Hall–Kier alpha value is -2.02. The zero-order valence-electron chi connectivity index (χ0n) is 7.99. The minimum Gasteiger partial charge on any atom is -0.440 e. The molecular formula is C9H7N3O3S. The van der Waals surface area contributed by atoms with Crippen molar-refractivity contribution >= 4 is 23.1 Å². The summed E-state index contributed by atoms with van der Waals surface area (Å²) in [6.07, 6.45) is 2.98. The second-order valence-electron chi connectivity index (χ2n) is 2.88. The standard InChI is InChI=1S/C9H7N3O3S/c10-7-5-6(1-2-8(7)12(13)14)16-9-11-3-4-15-9/h1-5H,10H2. The molecular weight excluding hydrogens is 230 g/mol. The van der Waals surface area contributed by atoms with Crippen molar-refractivity contribution in [3.05, 3.63) is 40.8 Å². The number of nitrogens with zero attached hydrogens (tertiary/aromatic N) is 2. The topological polar surface area (TPSA) is 95.2 Å². The van der Waals surface area contributed by atoms with E-state index in [0.717, 1.165) is 4.90 Å². The van der Waals surface area contributed by atoms with Crippen LogP contribution in [0, 0.1) is 10.1 Å². The fourth-order valence-corrected chi connectivity index (χ4v) is 1.86. The van der Waals surface area contributed by atoms with Crippen molar-refractivity contribution < 1.29 is 9.34 Å². The highest BCUT2D eigenvalue weighted by Gasteiger charge is 2.12. The largest absolute Gasteiger partial charge is 0.440 e. The van der Waals surface area contributed by atoms with E-state index in [9.17, 15) is 10.1 Å². The van der Waals surface area contributed by atoms with Crippen molar-refractivity contribution in [3.63, 3.8) is 0 Å². The van der Waals surface area contributed by atoms with Gasteiger partial charge in [0.2, 0.25) is 0 Å². The predicted molar refractivity (Wildman–Crippen MR) is 58.1 cm³/mol. The number of nitro groups is 1. The van der Waals surface area contributed by atoms with Gasteiger partial charge < -0.3 is 10.2 Å². The highest BCUT2D eigenvalue weighted by atomic mass is 32.2. The number of nitrogen functional groups attached to an aromatic ring is 1. The Bertz CT molecular complexity index is 513. The lowest BCUT2D eigenvalue weighted by atomic mass is 10.3. The van der Waals surface area contributed by atoms with Gasteiger partial charge in [-0.2, -0.15) is 0 Å². The van der Waals surface area contributed by atoms with Crippen molar-refractivity contribution in [2.24, 2.45) is 0 Å². The van der Waals surface area contributed by atoms with E-state index >= 15 is 0 Å². The fraction of sp³-hybridized carbons (Fsp3) is 0. The molecule has 16 heavy (non-hydrogen) atoms. The molecule has 2 aromatic rings. The second-order valence-corrected chi connectivity index (χ2v) is 3.90. The zero-order chi connectivity index (χ0) is 11.5. The first kappa shape index (κ1) is 10.5. The van der Waals surface area contributed by atoms with E-state index in [1.54, 1.807) is 6.07 Å². The average molecular weight is 237 g/mol. The van der Waals surface area contributed by atoms with E-state index in [4.69, 9.17) is 10.2 Å². The number of aromatic nitrogens is 1. The van der Waals surface area contributed by atoms with E-state index in [1.165, 1.54) is 36.4 Å². The van der Waals surface area contributed by atoms with E-state index in [-0.39, 0.29) is 11.4 Å².